The summed E-state index contributed by atoms with van der Waals surface area (Å²) in [5, 5.41) is 0. The van der Waals surface area contributed by atoms with E-state index in [1.54, 1.807) is 6.08 Å². The van der Waals surface area contributed by atoms with E-state index < -0.39 is 0 Å². The summed E-state index contributed by atoms with van der Waals surface area (Å²) >= 11 is 0. The van der Waals surface area contributed by atoms with E-state index in [9.17, 15) is 4.79 Å². The molecule has 2 heteroatoms. The Morgan fingerprint density at radius 3 is 3.00 bits per heavy atom. The minimum atomic E-state index is 0.175. The molecule has 0 amide bonds. The van der Waals surface area contributed by atoms with E-state index in [0.717, 1.165) is 12.8 Å². The highest BCUT2D eigenvalue weighted by Gasteiger charge is 1.99. The number of hydrogen-bond acceptors (Lipinski definition) is 2. The third kappa shape index (κ3) is 7.26. The Bertz CT molecular complexity index is 167. The van der Waals surface area contributed by atoms with Gasteiger partial charge in [-0.15, -0.1) is 5.73 Å². The van der Waals surface area contributed by atoms with Crippen LogP contribution in [0.2, 0.25) is 0 Å². The minimum Gasteiger partial charge on any atom is -0.369 e. The van der Waals surface area contributed by atoms with Crippen molar-refractivity contribution in [3.63, 3.8) is 0 Å². The van der Waals surface area contributed by atoms with Gasteiger partial charge in [0, 0.05) is 6.42 Å². The first kappa shape index (κ1) is 11.2. The van der Waals surface area contributed by atoms with Crippen molar-refractivity contribution in [2.75, 3.05) is 13.2 Å². The van der Waals surface area contributed by atoms with Crippen LogP contribution in [0.15, 0.2) is 18.4 Å². The highest BCUT2D eigenvalue weighted by atomic mass is 16.5. The number of Topliss-reactive ketones (excluding diaryl/α,β-unsaturated/α-hetero) is 1. The lowest BCUT2D eigenvalue weighted by molar-refractivity contribution is -0.123. The van der Waals surface area contributed by atoms with Gasteiger partial charge < -0.3 is 4.74 Å². The van der Waals surface area contributed by atoms with Crippen LogP contribution in [-0.4, -0.2) is 19.0 Å². The minimum absolute atomic E-state index is 0.175. The van der Waals surface area contributed by atoms with Crippen molar-refractivity contribution >= 4 is 5.78 Å². The van der Waals surface area contributed by atoms with E-state index in [2.05, 4.69) is 19.2 Å². The predicted octanol–water partition coefficient (Wildman–Crippen LogP) is 2.10. The molecule has 12 heavy (non-hydrogen) atoms. The fourth-order valence-electron chi connectivity index (χ4n) is 0.737. The molecule has 0 rings (SSSR count). The van der Waals surface area contributed by atoms with Crippen molar-refractivity contribution in [1.29, 1.82) is 0 Å². The molecule has 0 aliphatic heterocycles. The van der Waals surface area contributed by atoms with Gasteiger partial charge in [0.15, 0.2) is 5.78 Å². The quantitative estimate of drug-likeness (QED) is 0.430. The van der Waals surface area contributed by atoms with Crippen LogP contribution in [0.3, 0.4) is 0 Å². The van der Waals surface area contributed by atoms with Gasteiger partial charge in [0.05, 0.1) is 6.61 Å². The van der Waals surface area contributed by atoms with E-state index in [1.807, 2.05) is 0 Å². The first-order valence-corrected chi connectivity index (χ1v) is 4.25. The molecule has 0 aromatic rings. The topological polar surface area (TPSA) is 26.3 Å². The van der Waals surface area contributed by atoms with Crippen molar-refractivity contribution < 1.29 is 9.53 Å². The van der Waals surface area contributed by atoms with Gasteiger partial charge in [0.25, 0.3) is 0 Å². The fourth-order valence-corrected chi connectivity index (χ4v) is 0.737. The molecule has 0 spiro atoms. The lowest BCUT2D eigenvalue weighted by Gasteiger charge is -1.98. The van der Waals surface area contributed by atoms with Crippen LogP contribution < -0.4 is 0 Å². The largest absolute Gasteiger partial charge is 0.369 e. The first-order valence-electron chi connectivity index (χ1n) is 4.25. The average molecular weight is 168 g/mol. The second-order valence-corrected chi connectivity index (χ2v) is 2.57. The molecule has 0 aliphatic rings. The average Bonchev–Trinajstić information content (AvgIpc) is 2.09. The van der Waals surface area contributed by atoms with Crippen molar-refractivity contribution in [3.8, 4) is 0 Å². The van der Waals surface area contributed by atoms with Gasteiger partial charge in [-0.1, -0.05) is 19.9 Å². The third-order valence-corrected chi connectivity index (χ3v) is 1.42. The van der Waals surface area contributed by atoms with Gasteiger partial charge in [0.2, 0.25) is 0 Å². The Kier molecular flexibility index (Phi) is 7.66. The summed E-state index contributed by atoms with van der Waals surface area (Å²) in [6.07, 6.45) is 4.30. The summed E-state index contributed by atoms with van der Waals surface area (Å²) in [7, 11) is 0. The molecule has 0 atom stereocenters. The highest BCUT2D eigenvalue weighted by molar-refractivity contribution is 5.79. The van der Waals surface area contributed by atoms with Gasteiger partial charge in [-0.05, 0) is 12.5 Å². The highest BCUT2D eigenvalue weighted by Crippen LogP contribution is 1.95. The molecule has 0 heterocycles. The lowest BCUT2D eigenvalue weighted by Crippen LogP contribution is -2.07. The van der Waals surface area contributed by atoms with Gasteiger partial charge in [0.1, 0.15) is 6.61 Å². The van der Waals surface area contributed by atoms with Gasteiger partial charge >= 0.3 is 0 Å². The van der Waals surface area contributed by atoms with E-state index in [0.29, 0.717) is 13.0 Å². The van der Waals surface area contributed by atoms with Crippen LogP contribution >= 0.6 is 0 Å². The standard InChI is InChI=1S/C10H16O2/c1-3-5-7-10(11)9-12-8-6-4-2/h6H,2-3,5,7-9H2,1H3. The number of rotatable bonds is 7. The molecule has 0 aromatic heterocycles. The molecular weight excluding hydrogens is 152 g/mol. The molecule has 2 nitrogen and oxygen atoms in total. The summed E-state index contributed by atoms with van der Waals surface area (Å²) in [6, 6.07) is 0. The Morgan fingerprint density at radius 1 is 1.67 bits per heavy atom. The summed E-state index contributed by atoms with van der Waals surface area (Å²) in [5.74, 6) is 0.175. The number of carbonyl (C=O) groups is 1. The molecule has 0 unspecified atom stereocenters. The monoisotopic (exact) mass is 168 g/mol. The zero-order chi connectivity index (χ0) is 9.23. The molecule has 0 radical (unpaired) electrons. The number of carbonyl (C=O) groups excluding carboxylic acids is 1. The molecule has 68 valence electrons. The molecule has 0 aromatic carbocycles. The number of ketones is 1. The maximum absolute atomic E-state index is 11.0. The van der Waals surface area contributed by atoms with Gasteiger partial charge in [-0.25, -0.2) is 0 Å². The second kappa shape index (κ2) is 8.25. The molecular formula is C10H16O2. The van der Waals surface area contributed by atoms with E-state index in [4.69, 9.17) is 4.74 Å². The third-order valence-electron chi connectivity index (χ3n) is 1.42. The summed E-state index contributed by atoms with van der Waals surface area (Å²) in [5.41, 5.74) is 2.57. The lowest BCUT2D eigenvalue weighted by atomic mass is 10.2. The maximum Gasteiger partial charge on any atom is 0.158 e. The van der Waals surface area contributed by atoms with Gasteiger partial charge in [-0.3, -0.25) is 4.79 Å². The molecule has 0 fully saturated rings. The van der Waals surface area contributed by atoms with Crippen molar-refractivity contribution in [2.45, 2.75) is 26.2 Å². The Balaban J connectivity index is 3.25. The smallest absolute Gasteiger partial charge is 0.158 e. The van der Waals surface area contributed by atoms with Crippen molar-refractivity contribution in [2.24, 2.45) is 0 Å². The van der Waals surface area contributed by atoms with Crippen molar-refractivity contribution in [3.05, 3.63) is 18.4 Å². The normalized spacial score (nSPS) is 9.08. The van der Waals surface area contributed by atoms with Crippen LogP contribution in [0.25, 0.3) is 0 Å². The fraction of sp³-hybridized carbons (Fsp3) is 0.600. The van der Waals surface area contributed by atoms with Crippen molar-refractivity contribution in [1.82, 2.24) is 0 Å². The van der Waals surface area contributed by atoms with Crippen LogP contribution in [0.4, 0.5) is 0 Å². The van der Waals surface area contributed by atoms with Crippen LogP contribution in [0, 0.1) is 0 Å². The summed E-state index contributed by atoms with van der Waals surface area (Å²) in [6.45, 7) is 6.10. The van der Waals surface area contributed by atoms with E-state index in [-0.39, 0.29) is 12.4 Å². The molecule has 0 aliphatic carbocycles. The molecule has 0 bridgehead atoms. The second-order valence-electron chi connectivity index (χ2n) is 2.57. The molecule has 0 N–H and O–H groups in total. The Morgan fingerprint density at radius 2 is 2.42 bits per heavy atom. The van der Waals surface area contributed by atoms with E-state index >= 15 is 0 Å². The first-order chi connectivity index (χ1) is 5.81. The molecule has 0 saturated heterocycles. The zero-order valence-corrected chi connectivity index (χ0v) is 7.64. The Labute approximate surface area is 73.9 Å². The SMILES string of the molecule is C=C=CCOCC(=O)CCCC. The number of unbranched alkanes of at least 4 members (excludes halogenated alkanes) is 1. The number of hydrogen-bond donors (Lipinski definition) is 0. The van der Waals surface area contributed by atoms with Crippen LogP contribution in [-0.2, 0) is 9.53 Å². The van der Waals surface area contributed by atoms with Crippen LogP contribution in [0.5, 0.6) is 0 Å². The zero-order valence-electron chi connectivity index (χ0n) is 7.64. The maximum atomic E-state index is 11.0. The van der Waals surface area contributed by atoms with E-state index in [1.165, 1.54) is 0 Å². The van der Waals surface area contributed by atoms with Gasteiger partial charge in [-0.2, -0.15) is 0 Å². The summed E-state index contributed by atoms with van der Waals surface area (Å²) in [4.78, 5) is 11.0. The summed E-state index contributed by atoms with van der Waals surface area (Å²) < 4.78 is 5.03. The van der Waals surface area contributed by atoms with Crippen LogP contribution in [0.1, 0.15) is 26.2 Å². The number of ether oxygens (including phenoxy) is 1. The Hall–Kier alpha value is -0.850. The molecule has 0 saturated carbocycles. The predicted molar refractivity (Wildman–Crippen MR) is 49.1 cm³/mol.